The molecule has 124 valence electrons. The van der Waals surface area contributed by atoms with E-state index in [1.54, 1.807) is 16.8 Å². The predicted octanol–water partition coefficient (Wildman–Crippen LogP) is 3.25. The SMILES string of the molecule is CC(C)C1N(C)C(=O)CN1C(=O)c1ccc(-c2ccccc2)cc1. The van der Waals surface area contributed by atoms with Gasteiger partial charge in [0.15, 0.2) is 0 Å². The minimum atomic E-state index is -0.182. The Balaban J connectivity index is 1.84. The quantitative estimate of drug-likeness (QED) is 0.870. The van der Waals surface area contributed by atoms with E-state index in [4.69, 9.17) is 0 Å². The molecule has 1 heterocycles. The van der Waals surface area contributed by atoms with Crippen molar-refractivity contribution in [3.05, 3.63) is 60.2 Å². The smallest absolute Gasteiger partial charge is 0.255 e. The molecule has 1 aliphatic rings. The van der Waals surface area contributed by atoms with Gasteiger partial charge in [0.2, 0.25) is 5.91 Å². The van der Waals surface area contributed by atoms with Crippen LogP contribution in [0.15, 0.2) is 54.6 Å². The maximum Gasteiger partial charge on any atom is 0.255 e. The molecule has 1 aliphatic heterocycles. The lowest BCUT2D eigenvalue weighted by molar-refractivity contribution is -0.127. The van der Waals surface area contributed by atoms with Crippen LogP contribution in [-0.2, 0) is 4.79 Å². The fraction of sp³-hybridized carbons (Fsp3) is 0.300. The molecule has 2 aromatic carbocycles. The number of carbonyl (C=O) groups excluding carboxylic acids is 2. The van der Waals surface area contributed by atoms with Gasteiger partial charge in [0, 0.05) is 12.6 Å². The van der Waals surface area contributed by atoms with Gasteiger partial charge in [0.1, 0.15) is 12.7 Å². The molecule has 0 bridgehead atoms. The van der Waals surface area contributed by atoms with E-state index < -0.39 is 0 Å². The third kappa shape index (κ3) is 2.92. The van der Waals surface area contributed by atoms with Crippen molar-refractivity contribution in [1.29, 1.82) is 0 Å². The number of benzene rings is 2. The van der Waals surface area contributed by atoms with Gasteiger partial charge in [-0.3, -0.25) is 9.59 Å². The summed E-state index contributed by atoms with van der Waals surface area (Å²) in [7, 11) is 1.76. The highest BCUT2D eigenvalue weighted by Crippen LogP contribution is 2.25. The van der Waals surface area contributed by atoms with Crippen LogP contribution in [0, 0.1) is 5.92 Å². The molecule has 0 aliphatic carbocycles. The second-order valence-electron chi connectivity index (χ2n) is 6.54. The summed E-state index contributed by atoms with van der Waals surface area (Å²) in [6.45, 7) is 4.20. The van der Waals surface area contributed by atoms with Gasteiger partial charge in [0.05, 0.1) is 0 Å². The minimum Gasteiger partial charge on any atom is -0.323 e. The van der Waals surface area contributed by atoms with E-state index in [-0.39, 0.29) is 30.4 Å². The number of hydrogen-bond acceptors (Lipinski definition) is 2. The van der Waals surface area contributed by atoms with Gasteiger partial charge in [-0.15, -0.1) is 0 Å². The predicted molar refractivity (Wildman–Crippen MR) is 94.3 cm³/mol. The molecule has 0 N–H and O–H groups in total. The Morgan fingerprint density at radius 3 is 2.17 bits per heavy atom. The van der Waals surface area contributed by atoms with Crippen molar-refractivity contribution in [1.82, 2.24) is 9.80 Å². The molecule has 3 rings (SSSR count). The molecule has 2 amide bonds. The van der Waals surface area contributed by atoms with E-state index in [9.17, 15) is 9.59 Å². The van der Waals surface area contributed by atoms with Crippen molar-refractivity contribution in [3.8, 4) is 11.1 Å². The zero-order valence-electron chi connectivity index (χ0n) is 14.3. The number of rotatable bonds is 3. The van der Waals surface area contributed by atoms with E-state index in [2.05, 4.69) is 0 Å². The normalized spacial score (nSPS) is 17.7. The Kier molecular flexibility index (Phi) is 4.38. The number of hydrogen-bond donors (Lipinski definition) is 0. The zero-order chi connectivity index (χ0) is 17.3. The third-order valence-corrected chi connectivity index (χ3v) is 4.51. The van der Waals surface area contributed by atoms with Crippen molar-refractivity contribution >= 4 is 11.8 Å². The van der Waals surface area contributed by atoms with E-state index >= 15 is 0 Å². The first-order valence-corrected chi connectivity index (χ1v) is 8.21. The molecular formula is C20H22N2O2. The molecule has 2 aromatic rings. The lowest BCUT2D eigenvalue weighted by Crippen LogP contribution is -2.44. The molecule has 4 nitrogen and oxygen atoms in total. The van der Waals surface area contributed by atoms with Crippen LogP contribution >= 0.6 is 0 Å². The fourth-order valence-electron chi connectivity index (χ4n) is 3.31. The number of amides is 2. The van der Waals surface area contributed by atoms with Gasteiger partial charge < -0.3 is 9.80 Å². The monoisotopic (exact) mass is 322 g/mol. The molecule has 1 fully saturated rings. The molecule has 1 atom stereocenters. The second kappa shape index (κ2) is 6.48. The molecule has 0 radical (unpaired) electrons. The second-order valence-corrected chi connectivity index (χ2v) is 6.54. The first kappa shape index (κ1) is 16.2. The zero-order valence-corrected chi connectivity index (χ0v) is 14.3. The molecule has 1 unspecified atom stereocenters. The summed E-state index contributed by atoms with van der Waals surface area (Å²) >= 11 is 0. The average Bonchev–Trinajstić information content (AvgIpc) is 2.90. The summed E-state index contributed by atoms with van der Waals surface area (Å²) in [6.07, 6.45) is -0.182. The molecule has 1 saturated heterocycles. The van der Waals surface area contributed by atoms with Gasteiger partial charge in [-0.2, -0.15) is 0 Å². The Morgan fingerprint density at radius 1 is 1.00 bits per heavy atom. The third-order valence-electron chi connectivity index (χ3n) is 4.51. The van der Waals surface area contributed by atoms with Gasteiger partial charge in [-0.25, -0.2) is 0 Å². The van der Waals surface area contributed by atoms with Crippen LogP contribution in [0.25, 0.3) is 11.1 Å². The van der Waals surface area contributed by atoms with Crippen molar-refractivity contribution in [2.75, 3.05) is 13.6 Å². The van der Waals surface area contributed by atoms with Gasteiger partial charge in [-0.05, 0) is 29.2 Å². The Morgan fingerprint density at radius 2 is 1.58 bits per heavy atom. The van der Waals surface area contributed by atoms with Crippen LogP contribution in [0.2, 0.25) is 0 Å². The fourth-order valence-corrected chi connectivity index (χ4v) is 3.31. The Labute approximate surface area is 142 Å². The average molecular weight is 322 g/mol. The van der Waals surface area contributed by atoms with Crippen LogP contribution in [0.5, 0.6) is 0 Å². The van der Waals surface area contributed by atoms with Crippen molar-refractivity contribution < 1.29 is 9.59 Å². The summed E-state index contributed by atoms with van der Waals surface area (Å²) in [5.74, 6) is 0.0861. The van der Waals surface area contributed by atoms with Gasteiger partial charge >= 0.3 is 0 Å². The van der Waals surface area contributed by atoms with Crippen molar-refractivity contribution in [3.63, 3.8) is 0 Å². The molecule has 24 heavy (non-hydrogen) atoms. The maximum atomic E-state index is 12.8. The maximum absolute atomic E-state index is 12.8. The highest BCUT2D eigenvalue weighted by molar-refractivity contribution is 5.98. The van der Waals surface area contributed by atoms with Crippen LogP contribution in [0.3, 0.4) is 0 Å². The van der Waals surface area contributed by atoms with Crippen LogP contribution in [-0.4, -0.2) is 41.4 Å². The Bertz CT molecular complexity index is 738. The lowest BCUT2D eigenvalue weighted by atomic mass is 10.0. The summed E-state index contributed by atoms with van der Waals surface area (Å²) in [5.41, 5.74) is 2.80. The summed E-state index contributed by atoms with van der Waals surface area (Å²) in [4.78, 5) is 28.2. The van der Waals surface area contributed by atoms with Crippen molar-refractivity contribution in [2.24, 2.45) is 5.92 Å². The van der Waals surface area contributed by atoms with E-state index in [0.29, 0.717) is 5.56 Å². The van der Waals surface area contributed by atoms with Gasteiger partial charge in [0.25, 0.3) is 5.91 Å². The molecule has 4 heteroatoms. The Hall–Kier alpha value is -2.62. The lowest BCUT2D eigenvalue weighted by Gasteiger charge is -2.30. The summed E-state index contributed by atoms with van der Waals surface area (Å²) in [6, 6.07) is 17.6. The van der Waals surface area contributed by atoms with E-state index in [1.165, 1.54) is 0 Å². The minimum absolute atomic E-state index is 0.0112. The molecule has 0 aromatic heterocycles. The first-order valence-electron chi connectivity index (χ1n) is 8.21. The molecule has 0 saturated carbocycles. The van der Waals surface area contributed by atoms with Crippen LogP contribution < -0.4 is 0 Å². The number of nitrogens with zero attached hydrogens (tertiary/aromatic N) is 2. The molecular weight excluding hydrogens is 300 g/mol. The topological polar surface area (TPSA) is 40.6 Å². The molecule has 0 spiro atoms. The van der Waals surface area contributed by atoms with Crippen LogP contribution in [0.4, 0.5) is 0 Å². The van der Waals surface area contributed by atoms with E-state index in [1.807, 2.05) is 68.4 Å². The summed E-state index contributed by atoms with van der Waals surface area (Å²) in [5, 5.41) is 0. The van der Waals surface area contributed by atoms with E-state index in [0.717, 1.165) is 11.1 Å². The van der Waals surface area contributed by atoms with Crippen LogP contribution in [0.1, 0.15) is 24.2 Å². The summed E-state index contributed by atoms with van der Waals surface area (Å²) < 4.78 is 0. The van der Waals surface area contributed by atoms with Crippen molar-refractivity contribution in [2.45, 2.75) is 20.0 Å². The highest BCUT2D eigenvalue weighted by Gasteiger charge is 2.40. The largest absolute Gasteiger partial charge is 0.323 e. The number of carbonyl (C=O) groups is 2. The van der Waals surface area contributed by atoms with Gasteiger partial charge in [-0.1, -0.05) is 56.3 Å². The first-order chi connectivity index (χ1) is 11.5. The number of likely N-dealkylation sites (N-methyl/N-ethyl adjacent to an activating group) is 1. The highest BCUT2D eigenvalue weighted by atomic mass is 16.2. The standard InChI is InChI=1S/C20H22N2O2/c1-14(2)19-21(3)18(23)13-22(19)20(24)17-11-9-16(10-12-17)15-7-5-4-6-8-15/h4-12,14,19H,13H2,1-3H3.